The molecule has 0 saturated carbocycles. The number of aryl methyl sites for hydroxylation is 2. The molecule has 0 bridgehead atoms. The Bertz CT molecular complexity index is 917. The summed E-state index contributed by atoms with van der Waals surface area (Å²) in [5, 5.41) is 6.96. The van der Waals surface area contributed by atoms with Gasteiger partial charge in [0, 0.05) is 33.2 Å². The standard InChI is InChI=1S/C25H36N4O3.HI/c1-18-6-7-21(19(2)14-18)16-27-25(26-3)28-17-22(29-10-12-32-13-11-29)20-8-9-23(30-4)24(15-20)31-5;/h6-9,14-15,22H,10-13,16-17H2,1-5H3,(H2,26,27,28);1H. The fourth-order valence-corrected chi connectivity index (χ4v) is 4.04. The summed E-state index contributed by atoms with van der Waals surface area (Å²) in [6, 6.07) is 12.8. The van der Waals surface area contributed by atoms with Crippen LogP contribution in [0.15, 0.2) is 41.4 Å². The van der Waals surface area contributed by atoms with Crippen molar-refractivity contribution in [2.75, 3.05) is 54.1 Å². The van der Waals surface area contributed by atoms with Crippen LogP contribution < -0.4 is 20.1 Å². The lowest BCUT2D eigenvalue weighted by Crippen LogP contribution is -2.46. The van der Waals surface area contributed by atoms with E-state index in [0.29, 0.717) is 6.54 Å². The molecule has 0 spiro atoms. The maximum atomic E-state index is 5.58. The minimum absolute atomic E-state index is 0. The lowest BCUT2D eigenvalue weighted by molar-refractivity contribution is 0.0169. The molecule has 2 N–H and O–H groups in total. The number of halogens is 1. The Morgan fingerprint density at radius 1 is 1.03 bits per heavy atom. The smallest absolute Gasteiger partial charge is 0.191 e. The fourth-order valence-electron chi connectivity index (χ4n) is 4.04. The minimum atomic E-state index is 0. The van der Waals surface area contributed by atoms with Gasteiger partial charge in [-0.1, -0.05) is 29.8 Å². The van der Waals surface area contributed by atoms with Gasteiger partial charge < -0.3 is 24.8 Å². The van der Waals surface area contributed by atoms with Crippen molar-refractivity contribution >= 4 is 29.9 Å². The molecule has 1 unspecified atom stereocenters. The van der Waals surface area contributed by atoms with Crippen LogP contribution >= 0.6 is 24.0 Å². The van der Waals surface area contributed by atoms with E-state index in [2.05, 4.69) is 64.7 Å². The molecule has 0 radical (unpaired) electrons. The molecule has 2 aromatic carbocycles. The molecule has 0 aliphatic carbocycles. The lowest BCUT2D eigenvalue weighted by atomic mass is 10.0. The van der Waals surface area contributed by atoms with Gasteiger partial charge in [0.25, 0.3) is 0 Å². The second-order valence-electron chi connectivity index (χ2n) is 8.02. The Labute approximate surface area is 214 Å². The largest absolute Gasteiger partial charge is 0.493 e. The predicted molar refractivity (Wildman–Crippen MR) is 144 cm³/mol. The molecule has 1 aliphatic rings. The summed E-state index contributed by atoms with van der Waals surface area (Å²) >= 11 is 0. The number of ether oxygens (including phenoxy) is 3. The van der Waals surface area contributed by atoms with Crippen molar-refractivity contribution in [3.63, 3.8) is 0 Å². The number of rotatable bonds is 8. The van der Waals surface area contributed by atoms with Gasteiger partial charge in [-0.25, -0.2) is 0 Å². The highest BCUT2D eigenvalue weighted by molar-refractivity contribution is 14.0. The maximum absolute atomic E-state index is 5.58. The van der Waals surface area contributed by atoms with Crippen molar-refractivity contribution in [2.24, 2.45) is 4.99 Å². The summed E-state index contributed by atoms with van der Waals surface area (Å²) in [7, 11) is 5.13. The van der Waals surface area contributed by atoms with Crippen LogP contribution in [0.25, 0.3) is 0 Å². The average molecular weight is 569 g/mol. The van der Waals surface area contributed by atoms with E-state index in [1.165, 1.54) is 22.3 Å². The molecule has 33 heavy (non-hydrogen) atoms. The Hall–Kier alpha value is -2.04. The van der Waals surface area contributed by atoms with Gasteiger partial charge in [0.15, 0.2) is 17.5 Å². The van der Waals surface area contributed by atoms with Crippen molar-refractivity contribution in [3.05, 3.63) is 58.7 Å². The molecular formula is C25H37IN4O3. The number of benzene rings is 2. The maximum Gasteiger partial charge on any atom is 0.191 e. The second-order valence-corrected chi connectivity index (χ2v) is 8.02. The van der Waals surface area contributed by atoms with E-state index in [-0.39, 0.29) is 30.0 Å². The van der Waals surface area contributed by atoms with Crippen LogP contribution in [-0.2, 0) is 11.3 Å². The first-order valence-corrected chi connectivity index (χ1v) is 11.1. The van der Waals surface area contributed by atoms with Crippen molar-refractivity contribution < 1.29 is 14.2 Å². The highest BCUT2D eigenvalue weighted by Gasteiger charge is 2.24. The van der Waals surface area contributed by atoms with Crippen molar-refractivity contribution in [2.45, 2.75) is 26.4 Å². The van der Waals surface area contributed by atoms with E-state index >= 15 is 0 Å². The minimum Gasteiger partial charge on any atom is -0.493 e. The van der Waals surface area contributed by atoms with Gasteiger partial charge in [-0.3, -0.25) is 9.89 Å². The average Bonchev–Trinajstić information content (AvgIpc) is 2.82. The highest BCUT2D eigenvalue weighted by Crippen LogP contribution is 2.32. The summed E-state index contributed by atoms with van der Waals surface area (Å²) < 4.78 is 16.5. The van der Waals surface area contributed by atoms with E-state index in [1.807, 2.05) is 6.07 Å². The number of aliphatic imine (C=N–C) groups is 1. The third-order valence-corrected chi connectivity index (χ3v) is 5.91. The number of guanidine groups is 1. The van der Waals surface area contributed by atoms with Crippen LogP contribution in [0.4, 0.5) is 0 Å². The number of hydrogen-bond donors (Lipinski definition) is 2. The number of nitrogens with zero attached hydrogens (tertiary/aromatic N) is 2. The highest BCUT2D eigenvalue weighted by atomic mass is 127. The zero-order valence-corrected chi connectivity index (χ0v) is 22.6. The fraction of sp³-hybridized carbons (Fsp3) is 0.480. The van der Waals surface area contributed by atoms with Crippen LogP contribution in [0.1, 0.15) is 28.3 Å². The van der Waals surface area contributed by atoms with Crippen molar-refractivity contribution in [1.29, 1.82) is 0 Å². The van der Waals surface area contributed by atoms with Crippen LogP contribution in [0.2, 0.25) is 0 Å². The van der Waals surface area contributed by atoms with E-state index < -0.39 is 0 Å². The monoisotopic (exact) mass is 568 g/mol. The number of methoxy groups -OCH3 is 2. The van der Waals surface area contributed by atoms with Gasteiger partial charge in [0.1, 0.15) is 0 Å². The van der Waals surface area contributed by atoms with Gasteiger partial charge in [0.2, 0.25) is 0 Å². The second kappa shape index (κ2) is 13.6. The Balaban J connectivity index is 0.00000385. The first-order valence-electron chi connectivity index (χ1n) is 11.1. The number of morpholine rings is 1. The zero-order valence-electron chi connectivity index (χ0n) is 20.3. The summed E-state index contributed by atoms with van der Waals surface area (Å²) in [6.07, 6.45) is 0. The molecule has 0 aromatic heterocycles. The molecular weight excluding hydrogens is 531 g/mol. The SMILES string of the molecule is CN=C(NCc1ccc(C)cc1C)NCC(c1ccc(OC)c(OC)c1)N1CCOCC1.I. The van der Waals surface area contributed by atoms with Gasteiger partial charge in [-0.15, -0.1) is 24.0 Å². The van der Waals surface area contributed by atoms with E-state index in [0.717, 1.165) is 50.3 Å². The molecule has 2 aromatic rings. The molecule has 1 fully saturated rings. The first-order chi connectivity index (χ1) is 15.5. The summed E-state index contributed by atoms with van der Waals surface area (Å²) in [4.78, 5) is 6.87. The molecule has 182 valence electrons. The first kappa shape index (κ1) is 27.2. The topological polar surface area (TPSA) is 67.4 Å². The predicted octanol–water partition coefficient (Wildman–Crippen LogP) is 3.68. The van der Waals surface area contributed by atoms with Crippen molar-refractivity contribution in [3.8, 4) is 11.5 Å². The van der Waals surface area contributed by atoms with Crippen LogP contribution in [0.5, 0.6) is 11.5 Å². The Kier molecular flexibility index (Phi) is 11.2. The molecule has 3 rings (SSSR count). The summed E-state index contributed by atoms with van der Waals surface area (Å²) in [5.41, 5.74) is 4.99. The van der Waals surface area contributed by atoms with E-state index in [4.69, 9.17) is 14.2 Å². The molecule has 7 nitrogen and oxygen atoms in total. The Morgan fingerprint density at radius 3 is 2.39 bits per heavy atom. The molecule has 8 heteroatoms. The quantitative estimate of drug-likeness (QED) is 0.288. The normalized spacial score (nSPS) is 15.4. The van der Waals surface area contributed by atoms with Crippen LogP contribution in [0, 0.1) is 13.8 Å². The number of hydrogen-bond acceptors (Lipinski definition) is 5. The lowest BCUT2D eigenvalue weighted by Gasteiger charge is -2.35. The summed E-state index contributed by atoms with van der Waals surface area (Å²) in [6.45, 7) is 8.94. The third-order valence-electron chi connectivity index (χ3n) is 5.91. The molecule has 1 aliphatic heterocycles. The molecule has 1 heterocycles. The molecule has 0 amide bonds. The van der Waals surface area contributed by atoms with Gasteiger partial charge in [-0.05, 0) is 42.7 Å². The number of nitrogens with one attached hydrogen (secondary N) is 2. The summed E-state index contributed by atoms with van der Waals surface area (Å²) in [5.74, 6) is 2.25. The van der Waals surface area contributed by atoms with Crippen LogP contribution in [0.3, 0.4) is 0 Å². The van der Waals surface area contributed by atoms with Gasteiger partial charge in [-0.2, -0.15) is 0 Å². The molecule has 1 atom stereocenters. The molecule has 1 saturated heterocycles. The van der Waals surface area contributed by atoms with E-state index in [9.17, 15) is 0 Å². The zero-order chi connectivity index (χ0) is 22.9. The van der Waals surface area contributed by atoms with E-state index in [1.54, 1.807) is 21.3 Å². The van der Waals surface area contributed by atoms with Crippen LogP contribution in [-0.4, -0.2) is 65.0 Å². The van der Waals surface area contributed by atoms with Gasteiger partial charge >= 0.3 is 0 Å². The third kappa shape index (κ3) is 7.48. The van der Waals surface area contributed by atoms with Gasteiger partial charge in [0.05, 0.1) is 33.5 Å². The van der Waals surface area contributed by atoms with Crippen molar-refractivity contribution in [1.82, 2.24) is 15.5 Å². The Morgan fingerprint density at radius 2 is 1.76 bits per heavy atom.